The normalized spacial score (nSPS) is 17.9. The first-order valence-corrected chi connectivity index (χ1v) is 11.2. The second-order valence-corrected chi connectivity index (χ2v) is 9.81. The van der Waals surface area contributed by atoms with Crippen molar-refractivity contribution in [2.75, 3.05) is 4.90 Å². The van der Waals surface area contributed by atoms with Crippen LogP contribution in [0.2, 0.25) is 0 Å². The summed E-state index contributed by atoms with van der Waals surface area (Å²) in [6, 6.07) is 17.7. The lowest BCUT2D eigenvalue weighted by molar-refractivity contribution is -0.132. The minimum Gasteiger partial charge on any atom is -0.507 e. The van der Waals surface area contributed by atoms with Crippen LogP contribution in [-0.4, -0.2) is 16.8 Å². The average Bonchev–Trinajstić information content (AvgIpc) is 3.04. The zero-order chi connectivity index (χ0) is 24.8. The van der Waals surface area contributed by atoms with Crippen molar-refractivity contribution in [2.45, 2.75) is 46.1 Å². The first-order valence-electron chi connectivity index (χ1n) is 11.2. The Morgan fingerprint density at radius 1 is 0.941 bits per heavy atom. The fourth-order valence-electron chi connectivity index (χ4n) is 4.28. The van der Waals surface area contributed by atoms with Gasteiger partial charge in [0.1, 0.15) is 11.6 Å². The molecule has 1 heterocycles. The molecule has 0 saturated carbocycles. The summed E-state index contributed by atoms with van der Waals surface area (Å²) in [6.45, 7) is 9.90. The van der Waals surface area contributed by atoms with Crippen molar-refractivity contribution in [3.05, 3.63) is 106 Å². The highest BCUT2D eigenvalue weighted by Crippen LogP contribution is 2.43. The smallest absolute Gasteiger partial charge is 0.300 e. The van der Waals surface area contributed by atoms with Crippen LogP contribution in [-0.2, 0) is 15.0 Å². The predicted octanol–water partition coefficient (Wildman–Crippen LogP) is 6.37. The number of aliphatic hydroxyl groups excluding tert-OH is 1. The molecule has 1 unspecified atom stereocenters. The van der Waals surface area contributed by atoms with Crippen LogP contribution in [0.25, 0.3) is 5.76 Å². The number of rotatable bonds is 3. The number of hydrogen-bond donors (Lipinski definition) is 1. The monoisotopic (exact) mass is 457 g/mol. The number of hydrogen-bond acceptors (Lipinski definition) is 3. The average molecular weight is 458 g/mol. The lowest BCUT2D eigenvalue weighted by atomic mass is 9.84. The molecule has 0 bridgehead atoms. The third-order valence-corrected chi connectivity index (χ3v) is 6.32. The predicted molar refractivity (Wildman–Crippen MR) is 132 cm³/mol. The molecule has 5 heteroatoms. The van der Waals surface area contributed by atoms with Crippen molar-refractivity contribution in [2.24, 2.45) is 0 Å². The van der Waals surface area contributed by atoms with Gasteiger partial charge in [-0.2, -0.15) is 0 Å². The number of aliphatic hydroxyl groups is 1. The van der Waals surface area contributed by atoms with E-state index in [-0.39, 0.29) is 22.3 Å². The van der Waals surface area contributed by atoms with Gasteiger partial charge in [-0.15, -0.1) is 0 Å². The molecule has 0 aromatic heterocycles. The van der Waals surface area contributed by atoms with Gasteiger partial charge in [0.05, 0.1) is 11.6 Å². The maximum atomic E-state index is 15.0. The number of carbonyl (C=O) groups is 2. The van der Waals surface area contributed by atoms with Gasteiger partial charge in [0.15, 0.2) is 0 Å². The molecule has 4 rings (SSSR count). The van der Waals surface area contributed by atoms with Crippen LogP contribution in [0.15, 0.2) is 72.3 Å². The second-order valence-electron chi connectivity index (χ2n) is 9.81. The standard InChI is InChI=1S/C29H28FNO3/c1-17-10-14-20(15-11-17)31-25(21-8-6-7-9-23(21)30)24(27(33)28(31)34)26(32)22-16-19(29(3,4)5)13-12-18(22)2/h6-16,25,32H,1-5H3/b26-24+. The van der Waals surface area contributed by atoms with E-state index in [1.165, 1.54) is 11.0 Å². The highest BCUT2D eigenvalue weighted by Gasteiger charge is 2.48. The fraction of sp³-hybridized carbons (Fsp3) is 0.241. The molecule has 1 saturated heterocycles. The van der Waals surface area contributed by atoms with E-state index in [0.717, 1.165) is 16.7 Å². The minimum absolute atomic E-state index is 0.121. The molecule has 3 aromatic carbocycles. The molecule has 4 nitrogen and oxygen atoms in total. The van der Waals surface area contributed by atoms with E-state index in [4.69, 9.17) is 0 Å². The van der Waals surface area contributed by atoms with E-state index in [2.05, 4.69) is 20.8 Å². The van der Waals surface area contributed by atoms with Crippen LogP contribution in [0.3, 0.4) is 0 Å². The molecular formula is C29H28FNO3. The van der Waals surface area contributed by atoms with Gasteiger partial charge in [0.2, 0.25) is 0 Å². The lowest BCUT2D eigenvalue weighted by Crippen LogP contribution is -2.29. The summed E-state index contributed by atoms with van der Waals surface area (Å²) < 4.78 is 15.0. The zero-order valence-corrected chi connectivity index (χ0v) is 20.0. The number of nitrogens with zero attached hydrogens (tertiary/aromatic N) is 1. The fourth-order valence-corrected chi connectivity index (χ4v) is 4.28. The summed E-state index contributed by atoms with van der Waals surface area (Å²) in [5.41, 5.74) is 3.45. The highest BCUT2D eigenvalue weighted by atomic mass is 19.1. The number of ketones is 1. The van der Waals surface area contributed by atoms with Crippen molar-refractivity contribution in [1.82, 2.24) is 0 Å². The first-order chi connectivity index (χ1) is 16.0. The van der Waals surface area contributed by atoms with E-state index >= 15 is 4.39 Å². The van der Waals surface area contributed by atoms with Gasteiger partial charge in [0, 0.05) is 16.8 Å². The number of Topliss-reactive ketones (excluding diaryl/α,β-unsaturated/α-hetero) is 1. The SMILES string of the molecule is Cc1ccc(N2C(=O)C(=O)/C(=C(/O)c3cc(C(C)(C)C)ccc3C)C2c2ccccc2F)cc1. The molecule has 34 heavy (non-hydrogen) atoms. The van der Waals surface area contributed by atoms with Gasteiger partial charge in [-0.05, 0) is 54.7 Å². The number of aryl methyl sites for hydroxylation is 2. The van der Waals surface area contributed by atoms with Gasteiger partial charge in [-0.25, -0.2) is 4.39 Å². The molecule has 1 atom stereocenters. The van der Waals surface area contributed by atoms with Crippen molar-refractivity contribution in [3.63, 3.8) is 0 Å². The molecule has 1 amide bonds. The topological polar surface area (TPSA) is 57.6 Å². The maximum Gasteiger partial charge on any atom is 0.300 e. The molecule has 3 aromatic rings. The Morgan fingerprint density at radius 3 is 2.21 bits per heavy atom. The van der Waals surface area contributed by atoms with Gasteiger partial charge in [-0.3, -0.25) is 14.5 Å². The van der Waals surface area contributed by atoms with Crippen LogP contribution in [0.5, 0.6) is 0 Å². The lowest BCUT2D eigenvalue weighted by Gasteiger charge is -2.26. The maximum absolute atomic E-state index is 15.0. The van der Waals surface area contributed by atoms with Crippen LogP contribution >= 0.6 is 0 Å². The van der Waals surface area contributed by atoms with E-state index in [1.807, 2.05) is 44.2 Å². The molecule has 1 fully saturated rings. The zero-order valence-electron chi connectivity index (χ0n) is 20.0. The summed E-state index contributed by atoms with van der Waals surface area (Å²) in [5.74, 6) is -2.50. The molecule has 1 N–H and O–H groups in total. The second kappa shape index (κ2) is 8.56. The number of carbonyl (C=O) groups excluding carboxylic acids is 2. The third-order valence-electron chi connectivity index (χ3n) is 6.32. The summed E-state index contributed by atoms with van der Waals surface area (Å²) in [6.07, 6.45) is 0. The summed E-state index contributed by atoms with van der Waals surface area (Å²) in [7, 11) is 0. The Balaban J connectivity index is 2.00. The molecule has 1 aliphatic rings. The Labute approximate surface area is 199 Å². The Hall–Kier alpha value is -3.73. The van der Waals surface area contributed by atoms with Crippen LogP contribution in [0.1, 0.15) is 54.6 Å². The summed E-state index contributed by atoms with van der Waals surface area (Å²) in [5, 5.41) is 11.5. The van der Waals surface area contributed by atoms with Crippen LogP contribution < -0.4 is 4.90 Å². The van der Waals surface area contributed by atoms with Gasteiger partial charge in [0.25, 0.3) is 11.7 Å². The van der Waals surface area contributed by atoms with E-state index in [1.54, 1.807) is 30.3 Å². The minimum atomic E-state index is -1.10. The van der Waals surface area contributed by atoms with E-state index in [9.17, 15) is 14.7 Å². The van der Waals surface area contributed by atoms with Gasteiger partial charge < -0.3 is 5.11 Å². The third kappa shape index (κ3) is 4.03. The Bertz CT molecular complexity index is 1320. The molecule has 174 valence electrons. The van der Waals surface area contributed by atoms with E-state index < -0.39 is 23.5 Å². The van der Waals surface area contributed by atoms with Crippen molar-refractivity contribution < 1.29 is 19.1 Å². The molecule has 0 radical (unpaired) electrons. The van der Waals surface area contributed by atoms with Crippen molar-refractivity contribution >= 4 is 23.1 Å². The number of amides is 1. The Morgan fingerprint density at radius 2 is 1.59 bits per heavy atom. The first kappa shape index (κ1) is 23.4. The van der Waals surface area contributed by atoms with Crippen LogP contribution in [0, 0.1) is 19.7 Å². The van der Waals surface area contributed by atoms with E-state index in [0.29, 0.717) is 11.3 Å². The molecule has 0 spiro atoms. The van der Waals surface area contributed by atoms with Gasteiger partial charge in [-0.1, -0.05) is 68.8 Å². The quantitative estimate of drug-likeness (QED) is 0.283. The highest BCUT2D eigenvalue weighted by molar-refractivity contribution is 6.51. The van der Waals surface area contributed by atoms with Crippen molar-refractivity contribution in [3.8, 4) is 0 Å². The summed E-state index contributed by atoms with van der Waals surface area (Å²) in [4.78, 5) is 27.9. The summed E-state index contributed by atoms with van der Waals surface area (Å²) >= 11 is 0. The van der Waals surface area contributed by atoms with Crippen LogP contribution in [0.4, 0.5) is 10.1 Å². The molecule has 0 aliphatic carbocycles. The molecular weight excluding hydrogens is 429 g/mol. The van der Waals surface area contributed by atoms with Gasteiger partial charge >= 0.3 is 0 Å². The molecule has 1 aliphatic heterocycles. The van der Waals surface area contributed by atoms with Crippen molar-refractivity contribution in [1.29, 1.82) is 0 Å². The Kier molecular flexibility index (Phi) is 5.90. The largest absolute Gasteiger partial charge is 0.507 e. The number of benzene rings is 3. The number of halogens is 1. The number of anilines is 1.